The van der Waals surface area contributed by atoms with Crippen molar-refractivity contribution in [1.29, 1.82) is 0 Å². The fourth-order valence-electron chi connectivity index (χ4n) is 1.44. The van der Waals surface area contributed by atoms with Gasteiger partial charge >= 0.3 is 0 Å². The fourth-order valence-corrected chi connectivity index (χ4v) is 1.44. The van der Waals surface area contributed by atoms with Crippen molar-refractivity contribution in [3.05, 3.63) is 30.1 Å². The minimum Gasteiger partial charge on any atom is -0.388 e. The maximum Gasteiger partial charge on any atom is 0.123 e. The van der Waals surface area contributed by atoms with Crippen LogP contribution < -0.4 is 5.32 Å². The maximum atomic E-state index is 12.6. The van der Waals surface area contributed by atoms with Crippen LogP contribution in [0.1, 0.15) is 0 Å². The van der Waals surface area contributed by atoms with E-state index in [1.54, 1.807) is 12.1 Å². The number of rotatable bonds is 2. The average Bonchev–Trinajstić information content (AvgIpc) is 2.56. The number of hydrogen-bond acceptors (Lipinski definition) is 3. The molecular weight excluding hydrogens is 185 g/mol. The predicted molar refractivity (Wildman–Crippen MR) is 50.6 cm³/mol. The standard InChI is InChI=1S/C10H12FNO2/c11-7-1-3-8(4-2-7)12-9-5-14-6-10(9)13/h1-4,9-10,12-13H,5-6H2/t9-,10-/m1/s1. The Kier molecular flexibility index (Phi) is 2.65. The van der Waals surface area contributed by atoms with E-state index in [0.29, 0.717) is 13.2 Å². The Morgan fingerprint density at radius 2 is 2.00 bits per heavy atom. The number of hydrogen-bond donors (Lipinski definition) is 2. The van der Waals surface area contributed by atoms with Crippen molar-refractivity contribution in [2.45, 2.75) is 12.1 Å². The van der Waals surface area contributed by atoms with Crippen LogP contribution in [0.5, 0.6) is 0 Å². The highest BCUT2D eigenvalue weighted by Crippen LogP contribution is 2.14. The molecule has 2 atom stereocenters. The molecule has 0 bridgehead atoms. The molecule has 0 aromatic heterocycles. The molecule has 14 heavy (non-hydrogen) atoms. The Morgan fingerprint density at radius 1 is 1.29 bits per heavy atom. The molecule has 2 rings (SSSR count). The van der Waals surface area contributed by atoms with Gasteiger partial charge in [-0.25, -0.2) is 4.39 Å². The molecular formula is C10H12FNO2. The summed E-state index contributed by atoms with van der Waals surface area (Å²) >= 11 is 0. The van der Waals surface area contributed by atoms with Gasteiger partial charge < -0.3 is 15.2 Å². The number of anilines is 1. The lowest BCUT2D eigenvalue weighted by atomic mass is 10.2. The molecule has 4 heteroatoms. The van der Waals surface area contributed by atoms with E-state index in [9.17, 15) is 9.50 Å². The van der Waals surface area contributed by atoms with Gasteiger partial charge in [0.25, 0.3) is 0 Å². The van der Waals surface area contributed by atoms with E-state index >= 15 is 0 Å². The minimum atomic E-state index is -0.486. The fraction of sp³-hybridized carbons (Fsp3) is 0.400. The van der Waals surface area contributed by atoms with Crippen LogP contribution in [-0.2, 0) is 4.74 Å². The summed E-state index contributed by atoms with van der Waals surface area (Å²) in [5.74, 6) is -0.265. The van der Waals surface area contributed by atoms with Crippen molar-refractivity contribution in [1.82, 2.24) is 0 Å². The highest BCUT2D eigenvalue weighted by Gasteiger charge is 2.25. The first kappa shape index (κ1) is 9.43. The lowest BCUT2D eigenvalue weighted by Gasteiger charge is -2.15. The normalized spacial score (nSPS) is 26.4. The average molecular weight is 197 g/mol. The summed E-state index contributed by atoms with van der Waals surface area (Å²) in [6, 6.07) is 5.94. The SMILES string of the molecule is O[C@@H]1COC[C@H]1Nc1ccc(F)cc1. The van der Waals surface area contributed by atoms with Gasteiger partial charge in [0.05, 0.1) is 25.4 Å². The third-order valence-corrected chi connectivity index (χ3v) is 2.25. The van der Waals surface area contributed by atoms with Crippen molar-refractivity contribution in [3.8, 4) is 0 Å². The van der Waals surface area contributed by atoms with E-state index in [-0.39, 0.29) is 11.9 Å². The second-order valence-corrected chi connectivity index (χ2v) is 3.36. The van der Waals surface area contributed by atoms with Crippen LogP contribution in [0.4, 0.5) is 10.1 Å². The molecule has 1 aliphatic heterocycles. The van der Waals surface area contributed by atoms with Crippen molar-refractivity contribution in [3.63, 3.8) is 0 Å². The van der Waals surface area contributed by atoms with Crippen LogP contribution in [0, 0.1) is 5.82 Å². The lowest BCUT2D eigenvalue weighted by molar-refractivity contribution is 0.125. The second-order valence-electron chi connectivity index (χ2n) is 3.36. The van der Waals surface area contributed by atoms with E-state index in [0.717, 1.165) is 5.69 Å². The van der Waals surface area contributed by atoms with Gasteiger partial charge in [-0.05, 0) is 24.3 Å². The molecule has 0 spiro atoms. The Hall–Kier alpha value is -1.13. The zero-order chi connectivity index (χ0) is 9.97. The van der Waals surface area contributed by atoms with E-state index < -0.39 is 6.10 Å². The van der Waals surface area contributed by atoms with Gasteiger partial charge in [0, 0.05) is 5.69 Å². The van der Waals surface area contributed by atoms with Crippen molar-refractivity contribution >= 4 is 5.69 Å². The number of nitrogens with one attached hydrogen (secondary N) is 1. The topological polar surface area (TPSA) is 41.5 Å². The summed E-state index contributed by atoms with van der Waals surface area (Å²) in [7, 11) is 0. The first-order valence-corrected chi connectivity index (χ1v) is 4.53. The van der Waals surface area contributed by atoms with Crippen molar-refractivity contribution in [2.75, 3.05) is 18.5 Å². The highest BCUT2D eigenvalue weighted by molar-refractivity contribution is 5.44. The molecule has 1 aromatic carbocycles. The molecule has 0 aliphatic carbocycles. The third kappa shape index (κ3) is 2.02. The highest BCUT2D eigenvalue weighted by atomic mass is 19.1. The first-order chi connectivity index (χ1) is 6.75. The minimum absolute atomic E-state index is 0.0968. The largest absolute Gasteiger partial charge is 0.388 e. The van der Waals surface area contributed by atoms with Crippen LogP contribution in [0.2, 0.25) is 0 Å². The summed E-state index contributed by atoms with van der Waals surface area (Å²) in [5, 5.41) is 12.5. The monoisotopic (exact) mass is 197 g/mol. The van der Waals surface area contributed by atoms with Crippen LogP contribution in [0.25, 0.3) is 0 Å². The summed E-state index contributed by atoms with van der Waals surface area (Å²) in [4.78, 5) is 0. The van der Waals surface area contributed by atoms with Crippen molar-refractivity contribution < 1.29 is 14.2 Å². The number of halogens is 1. The van der Waals surface area contributed by atoms with E-state index in [1.807, 2.05) is 0 Å². The quantitative estimate of drug-likeness (QED) is 0.743. The van der Waals surface area contributed by atoms with Crippen molar-refractivity contribution in [2.24, 2.45) is 0 Å². The Labute approximate surface area is 81.5 Å². The molecule has 0 saturated carbocycles. The molecule has 1 fully saturated rings. The lowest BCUT2D eigenvalue weighted by Crippen LogP contribution is -2.31. The van der Waals surface area contributed by atoms with Gasteiger partial charge in [-0.2, -0.15) is 0 Å². The zero-order valence-electron chi connectivity index (χ0n) is 7.61. The zero-order valence-corrected chi connectivity index (χ0v) is 7.61. The van der Waals surface area contributed by atoms with Gasteiger partial charge in [0.1, 0.15) is 5.82 Å². The molecule has 76 valence electrons. The van der Waals surface area contributed by atoms with Gasteiger partial charge in [-0.15, -0.1) is 0 Å². The number of benzene rings is 1. The van der Waals surface area contributed by atoms with Crippen LogP contribution in [-0.4, -0.2) is 30.5 Å². The van der Waals surface area contributed by atoms with Gasteiger partial charge in [0.15, 0.2) is 0 Å². The van der Waals surface area contributed by atoms with E-state index in [1.165, 1.54) is 12.1 Å². The van der Waals surface area contributed by atoms with Crippen LogP contribution in [0.3, 0.4) is 0 Å². The van der Waals surface area contributed by atoms with E-state index in [4.69, 9.17) is 4.74 Å². The van der Waals surface area contributed by atoms with Gasteiger partial charge in [-0.3, -0.25) is 0 Å². The molecule has 0 amide bonds. The molecule has 1 aromatic rings. The predicted octanol–water partition coefficient (Wildman–Crippen LogP) is 0.997. The Balaban J connectivity index is 2.00. The molecule has 1 saturated heterocycles. The van der Waals surface area contributed by atoms with Gasteiger partial charge in [0.2, 0.25) is 0 Å². The smallest absolute Gasteiger partial charge is 0.123 e. The molecule has 3 nitrogen and oxygen atoms in total. The summed E-state index contributed by atoms with van der Waals surface area (Å²) in [6.45, 7) is 0.845. The van der Waals surface area contributed by atoms with Crippen LogP contribution >= 0.6 is 0 Å². The molecule has 0 unspecified atom stereocenters. The molecule has 2 N–H and O–H groups in total. The Morgan fingerprint density at radius 3 is 2.57 bits per heavy atom. The summed E-state index contributed by atoms with van der Waals surface area (Å²) < 4.78 is 17.7. The summed E-state index contributed by atoms with van der Waals surface area (Å²) in [5.41, 5.74) is 0.793. The second kappa shape index (κ2) is 3.94. The van der Waals surface area contributed by atoms with Crippen LogP contribution in [0.15, 0.2) is 24.3 Å². The number of aliphatic hydroxyl groups excluding tert-OH is 1. The molecule has 1 heterocycles. The number of aliphatic hydroxyl groups is 1. The number of ether oxygens (including phenoxy) is 1. The third-order valence-electron chi connectivity index (χ3n) is 2.25. The van der Waals surface area contributed by atoms with E-state index in [2.05, 4.69) is 5.32 Å². The Bertz CT molecular complexity index is 301. The molecule has 1 aliphatic rings. The summed E-state index contributed by atoms with van der Waals surface area (Å²) in [6.07, 6.45) is -0.486. The first-order valence-electron chi connectivity index (χ1n) is 4.53. The molecule has 0 radical (unpaired) electrons. The van der Waals surface area contributed by atoms with Gasteiger partial charge in [-0.1, -0.05) is 0 Å². The maximum absolute atomic E-state index is 12.6.